The first kappa shape index (κ1) is 31.2. The molecule has 0 fully saturated rings. The molecular weight excluding hydrogens is 572 g/mol. The Morgan fingerprint density at radius 1 is 1.10 bits per heavy atom. The largest absolute Gasteiger partial charge is 0.481 e. The summed E-state index contributed by atoms with van der Waals surface area (Å²) in [5, 5.41) is 21.8. The van der Waals surface area contributed by atoms with Crippen molar-refractivity contribution in [3.63, 3.8) is 0 Å². The van der Waals surface area contributed by atoms with Crippen molar-refractivity contribution < 1.29 is 19.8 Å². The number of anilines is 2. The molecule has 0 atom stereocenters. The number of fused-ring (bicyclic) bond motifs is 3. The van der Waals surface area contributed by atoms with Gasteiger partial charge in [-0.1, -0.05) is 41.7 Å². The van der Waals surface area contributed by atoms with Gasteiger partial charge < -0.3 is 24.8 Å². The Morgan fingerprint density at radius 2 is 1.76 bits per heavy atom. The number of carboxylic acids is 1. The third-order valence-electron chi connectivity index (χ3n) is 6.69. The van der Waals surface area contributed by atoms with Gasteiger partial charge in [-0.25, -0.2) is 4.98 Å². The van der Waals surface area contributed by atoms with E-state index in [1.54, 1.807) is 38.9 Å². The average Bonchev–Trinajstić information content (AvgIpc) is 3.46. The van der Waals surface area contributed by atoms with Gasteiger partial charge >= 0.3 is 5.97 Å². The second-order valence-corrected chi connectivity index (χ2v) is 12.3. The third kappa shape index (κ3) is 6.98. The maximum atomic E-state index is 12.5. The Morgan fingerprint density at radius 3 is 2.33 bits per heavy atom. The summed E-state index contributed by atoms with van der Waals surface area (Å²) in [4.78, 5) is 31.3. The number of benzene rings is 3. The quantitative estimate of drug-likeness (QED) is 0.170. The van der Waals surface area contributed by atoms with Crippen molar-refractivity contribution in [1.82, 2.24) is 9.97 Å². The van der Waals surface area contributed by atoms with Crippen LogP contribution in [-0.4, -0.2) is 43.9 Å². The maximum Gasteiger partial charge on any atom is 0.307 e. The van der Waals surface area contributed by atoms with Crippen LogP contribution < -0.4 is 9.62 Å². The molecule has 8 nitrogen and oxygen atoms in total. The topological polar surface area (TPSA) is 119 Å². The van der Waals surface area contributed by atoms with Crippen LogP contribution in [0.3, 0.4) is 0 Å². The summed E-state index contributed by atoms with van der Waals surface area (Å²) in [5.74, 6) is -0.932. The number of rotatable bonds is 6. The molecule has 1 aromatic heterocycles. The summed E-state index contributed by atoms with van der Waals surface area (Å²) in [6.07, 6.45) is 5.08. The fourth-order valence-electron chi connectivity index (χ4n) is 5.08. The minimum absolute atomic E-state index is 0.0786. The van der Waals surface area contributed by atoms with Gasteiger partial charge in [0.2, 0.25) is 0 Å². The molecule has 1 aliphatic heterocycles. The number of aromatic nitrogens is 2. The lowest BCUT2D eigenvalue weighted by molar-refractivity contribution is -0.136. The van der Waals surface area contributed by atoms with E-state index >= 15 is 0 Å². The van der Waals surface area contributed by atoms with Crippen molar-refractivity contribution in [3.8, 4) is 22.3 Å². The first-order valence-electron chi connectivity index (χ1n) is 13.4. The Balaban J connectivity index is 0.000000748. The summed E-state index contributed by atoms with van der Waals surface area (Å²) >= 11 is 7.75. The second kappa shape index (κ2) is 12.6. The molecule has 0 aliphatic carbocycles. The number of nitrogens with one attached hydrogen (secondary N) is 2. The van der Waals surface area contributed by atoms with Crippen LogP contribution in [0, 0.1) is 13.8 Å². The number of imidazole rings is 1. The number of aromatic amines is 1. The van der Waals surface area contributed by atoms with Crippen LogP contribution in [0.5, 0.6) is 0 Å². The highest BCUT2D eigenvalue weighted by atomic mass is 35.5. The van der Waals surface area contributed by atoms with E-state index in [9.17, 15) is 14.7 Å². The Bertz CT molecular complexity index is 1610. The fraction of sp³-hybridized carbons (Fsp3) is 0.281. The molecule has 0 radical (unpaired) electrons. The van der Waals surface area contributed by atoms with E-state index in [1.165, 1.54) is 6.20 Å². The summed E-state index contributed by atoms with van der Waals surface area (Å²) in [6.45, 7) is 9.89. The number of aliphatic carboxylic acids is 1. The van der Waals surface area contributed by atoms with Crippen LogP contribution in [-0.2, 0) is 17.8 Å². The molecule has 220 valence electrons. The van der Waals surface area contributed by atoms with Crippen molar-refractivity contribution in [2.24, 2.45) is 0 Å². The first-order valence-corrected chi connectivity index (χ1v) is 15.0. The van der Waals surface area contributed by atoms with Gasteiger partial charge in [0.15, 0.2) is 5.82 Å². The van der Waals surface area contributed by atoms with Crippen LogP contribution in [0.4, 0.5) is 11.4 Å². The highest BCUT2D eigenvalue weighted by molar-refractivity contribution is 7.99. The molecule has 5 rings (SSSR count). The van der Waals surface area contributed by atoms with E-state index in [2.05, 4.69) is 19.6 Å². The standard InChI is InChI=1S/C28H25ClN4O3S.C4H10O/c1-15-22(13-23(34)35)24(17-4-6-19(29)7-5-17)16(2)25-21-9-8-20(32-28(36)27-30-10-11-31-27)12-18(21)14-33(37-3)26(15)25;1-4(2,3)5/h4-12H,13-14H2,1-3H3,(H,30,31)(H,32,36)(H,34,35);5H,1-3H3. The van der Waals surface area contributed by atoms with E-state index in [-0.39, 0.29) is 18.2 Å². The number of carboxylic acid groups (broad SMARTS) is 1. The lowest BCUT2D eigenvalue weighted by Gasteiger charge is -2.36. The number of carbonyl (C=O) groups is 2. The van der Waals surface area contributed by atoms with Crippen molar-refractivity contribution in [1.29, 1.82) is 0 Å². The Labute approximate surface area is 255 Å². The summed E-state index contributed by atoms with van der Waals surface area (Å²) in [6, 6.07) is 13.4. The molecule has 0 unspecified atom stereocenters. The molecule has 42 heavy (non-hydrogen) atoms. The number of carbonyl (C=O) groups excluding carboxylic acids is 1. The first-order chi connectivity index (χ1) is 19.8. The number of hydrogen-bond acceptors (Lipinski definition) is 6. The molecular formula is C32H35ClN4O4S. The number of aliphatic hydroxyl groups is 1. The Hall–Kier alpha value is -3.79. The molecule has 3 aromatic carbocycles. The van der Waals surface area contributed by atoms with Gasteiger partial charge in [0, 0.05) is 34.9 Å². The van der Waals surface area contributed by atoms with Gasteiger partial charge in [0.05, 0.1) is 24.3 Å². The number of nitrogens with zero attached hydrogens (tertiary/aromatic N) is 2. The minimum atomic E-state index is -0.874. The van der Waals surface area contributed by atoms with Crippen molar-refractivity contribution >= 4 is 46.8 Å². The monoisotopic (exact) mass is 606 g/mol. The number of halogens is 1. The molecule has 10 heteroatoms. The maximum absolute atomic E-state index is 12.5. The molecule has 0 saturated heterocycles. The van der Waals surface area contributed by atoms with Gasteiger partial charge in [-0.2, -0.15) is 0 Å². The van der Waals surface area contributed by atoms with Crippen molar-refractivity contribution in [2.75, 3.05) is 15.9 Å². The number of amides is 1. The number of hydrogen-bond donors (Lipinski definition) is 4. The van der Waals surface area contributed by atoms with Crippen LogP contribution >= 0.6 is 23.5 Å². The van der Waals surface area contributed by atoms with Crippen LogP contribution in [0.15, 0.2) is 54.9 Å². The van der Waals surface area contributed by atoms with E-state index < -0.39 is 11.6 Å². The van der Waals surface area contributed by atoms with Gasteiger partial charge in [-0.3, -0.25) is 9.59 Å². The average molecular weight is 607 g/mol. The summed E-state index contributed by atoms with van der Waals surface area (Å²) in [7, 11) is 0. The highest BCUT2D eigenvalue weighted by Crippen LogP contribution is 2.50. The van der Waals surface area contributed by atoms with Gasteiger partial charge in [-0.15, -0.1) is 0 Å². The zero-order valence-electron chi connectivity index (χ0n) is 24.5. The normalized spacial score (nSPS) is 12.1. The van der Waals surface area contributed by atoms with E-state index in [0.29, 0.717) is 17.3 Å². The SMILES string of the molecule is CC(C)(C)O.CSN1Cc2cc(NC(=O)c3ncc[nH]3)ccc2-c2c(C)c(-c3ccc(Cl)cc3)c(CC(=O)O)c(C)c21. The van der Waals surface area contributed by atoms with E-state index in [4.69, 9.17) is 16.7 Å². The molecule has 1 aliphatic rings. The molecule has 4 aromatic rings. The molecule has 2 heterocycles. The highest BCUT2D eigenvalue weighted by Gasteiger charge is 2.30. The zero-order chi connectivity index (χ0) is 30.8. The number of H-pyrrole nitrogens is 1. The summed E-state index contributed by atoms with van der Waals surface area (Å²) in [5.41, 5.74) is 9.00. The predicted molar refractivity (Wildman–Crippen MR) is 171 cm³/mol. The second-order valence-electron chi connectivity index (χ2n) is 11.1. The molecule has 4 N–H and O–H groups in total. The lowest BCUT2D eigenvalue weighted by Crippen LogP contribution is -2.23. The van der Waals surface area contributed by atoms with E-state index in [0.717, 1.165) is 50.2 Å². The van der Waals surface area contributed by atoms with E-state index in [1.807, 2.05) is 62.6 Å². The zero-order valence-corrected chi connectivity index (χ0v) is 26.1. The third-order valence-corrected chi connectivity index (χ3v) is 7.69. The van der Waals surface area contributed by atoms with Gasteiger partial charge in [0.1, 0.15) is 0 Å². The predicted octanol–water partition coefficient (Wildman–Crippen LogP) is 7.27. The van der Waals surface area contributed by atoms with Crippen LogP contribution in [0.25, 0.3) is 22.3 Å². The fourth-order valence-corrected chi connectivity index (χ4v) is 5.89. The van der Waals surface area contributed by atoms with Crippen molar-refractivity contribution in [2.45, 2.75) is 53.2 Å². The van der Waals surface area contributed by atoms with Crippen LogP contribution in [0.1, 0.15) is 53.6 Å². The molecule has 0 saturated carbocycles. The smallest absolute Gasteiger partial charge is 0.307 e. The lowest BCUT2D eigenvalue weighted by atomic mass is 9.81. The van der Waals surface area contributed by atoms with Crippen molar-refractivity contribution in [3.05, 3.63) is 88.0 Å². The summed E-state index contributed by atoms with van der Waals surface area (Å²) < 4.78 is 2.19. The molecule has 1 amide bonds. The minimum Gasteiger partial charge on any atom is -0.481 e. The van der Waals surface area contributed by atoms with Gasteiger partial charge in [0.25, 0.3) is 5.91 Å². The van der Waals surface area contributed by atoms with Crippen LogP contribution in [0.2, 0.25) is 5.02 Å². The Kier molecular flexibility index (Phi) is 9.35. The molecule has 0 spiro atoms. The molecule has 0 bridgehead atoms. The van der Waals surface area contributed by atoms with Gasteiger partial charge in [-0.05, 0) is 97.8 Å².